The lowest BCUT2D eigenvalue weighted by molar-refractivity contribution is -0.493. The third-order valence-electron chi connectivity index (χ3n) is 2.91. The van der Waals surface area contributed by atoms with Gasteiger partial charge < -0.3 is 4.98 Å². The Hall–Kier alpha value is -1.57. The molecule has 1 aromatic heterocycles. The minimum absolute atomic E-state index is 1.12. The first kappa shape index (κ1) is 7.80. The van der Waals surface area contributed by atoms with Crippen LogP contribution in [-0.4, -0.2) is 29.4 Å². The number of hydrogen-bond donors (Lipinski definition) is 1. The average Bonchev–Trinajstić information content (AvgIpc) is 2.54. The number of hydrogen-bond acceptors (Lipinski definition) is 0. The number of nitrogens with zero attached hydrogens (tertiary/aromatic N) is 1. The first-order chi connectivity index (χ1) is 6.84. The van der Waals surface area contributed by atoms with Gasteiger partial charge in [0.2, 0.25) is 0 Å². The fraction of sp³-hybridized carbons (Fsp3) is 0.250. The molecule has 0 amide bonds. The molecule has 0 fully saturated rings. The van der Waals surface area contributed by atoms with Crippen LogP contribution >= 0.6 is 0 Å². The molecule has 2 aromatic rings. The maximum atomic E-state index is 3.45. The SMILES string of the molecule is C[N+]1=Cc2[nH]c3ccccc3c2CC1. The molecule has 0 atom stereocenters. The molecule has 0 unspecified atom stereocenters. The van der Waals surface area contributed by atoms with Crippen LogP contribution in [0.5, 0.6) is 0 Å². The van der Waals surface area contributed by atoms with E-state index in [-0.39, 0.29) is 0 Å². The minimum Gasteiger partial charge on any atom is -0.350 e. The van der Waals surface area contributed by atoms with Gasteiger partial charge in [-0.25, -0.2) is 4.58 Å². The van der Waals surface area contributed by atoms with E-state index in [4.69, 9.17) is 0 Å². The van der Waals surface area contributed by atoms with E-state index in [1.165, 1.54) is 22.2 Å². The Morgan fingerprint density at radius 3 is 3.07 bits per heavy atom. The summed E-state index contributed by atoms with van der Waals surface area (Å²) in [7, 11) is 2.12. The van der Waals surface area contributed by atoms with Crippen molar-refractivity contribution in [1.82, 2.24) is 4.98 Å². The van der Waals surface area contributed by atoms with E-state index >= 15 is 0 Å². The van der Waals surface area contributed by atoms with Gasteiger partial charge >= 0.3 is 0 Å². The Morgan fingerprint density at radius 1 is 1.29 bits per heavy atom. The molecule has 2 heterocycles. The quantitative estimate of drug-likeness (QED) is 0.603. The van der Waals surface area contributed by atoms with Crippen LogP contribution in [0.15, 0.2) is 24.3 Å². The predicted octanol–water partition coefficient (Wildman–Crippen LogP) is 1.79. The lowest BCUT2D eigenvalue weighted by atomic mass is 10.1. The molecule has 70 valence electrons. The summed E-state index contributed by atoms with van der Waals surface area (Å²) >= 11 is 0. The van der Waals surface area contributed by atoms with E-state index in [0.29, 0.717) is 0 Å². The summed E-state index contributed by atoms with van der Waals surface area (Å²) in [6.07, 6.45) is 3.34. The standard InChI is InChI=1S/C12H12N2/c1-14-7-6-10-9-4-2-3-5-11(9)13-12(10)8-14/h2-5,8H,6-7H2,1H3/p+1. The molecule has 1 N–H and O–H groups in total. The number of H-pyrrole nitrogens is 1. The number of benzene rings is 1. The van der Waals surface area contributed by atoms with Gasteiger partial charge in [0.05, 0.1) is 0 Å². The number of aromatic amines is 1. The number of aromatic nitrogens is 1. The highest BCUT2D eigenvalue weighted by molar-refractivity contribution is 5.92. The van der Waals surface area contributed by atoms with Crippen molar-refractivity contribution in [3.05, 3.63) is 35.5 Å². The molecule has 0 aliphatic carbocycles. The predicted molar refractivity (Wildman–Crippen MR) is 58.2 cm³/mol. The van der Waals surface area contributed by atoms with Crippen molar-refractivity contribution in [1.29, 1.82) is 0 Å². The molecule has 0 spiro atoms. The highest BCUT2D eigenvalue weighted by atomic mass is 15.0. The van der Waals surface area contributed by atoms with Crippen molar-refractivity contribution in [3.8, 4) is 0 Å². The maximum Gasteiger partial charge on any atom is 0.187 e. The summed E-state index contributed by atoms with van der Waals surface area (Å²) in [6.45, 7) is 1.12. The van der Waals surface area contributed by atoms with E-state index in [2.05, 4.69) is 47.1 Å². The van der Waals surface area contributed by atoms with Gasteiger partial charge in [-0.15, -0.1) is 0 Å². The molecule has 0 saturated carbocycles. The van der Waals surface area contributed by atoms with Crippen molar-refractivity contribution >= 4 is 17.1 Å². The molecule has 0 bridgehead atoms. The monoisotopic (exact) mass is 185 g/mol. The zero-order chi connectivity index (χ0) is 9.54. The van der Waals surface area contributed by atoms with Crippen LogP contribution in [0.2, 0.25) is 0 Å². The van der Waals surface area contributed by atoms with Gasteiger partial charge in [-0.1, -0.05) is 18.2 Å². The summed E-state index contributed by atoms with van der Waals surface area (Å²) in [4.78, 5) is 3.45. The number of nitrogens with one attached hydrogen (secondary N) is 1. The topological polar surface area (TPSA) is 18.8 Å². The van der Waals surface area contributed by atoms with Crippen LogP contribution in [0, 0.1) is 0 Å². The van der Waals surface area contributed by atoms with Crippen LogP contribution in [0.1, 0.15) is 11.3 Å². The summed E-state index contributed by atoms with van der Waals surface area (Å²) in [5.41, 5.74) is 4.00. The number of fused-ring (bicyclic) bond motifs is 3. The Morgan fingerprint density at radius 2 is 2.14 bits per heavy atom. The second-order valence-corrected chi connectivity index (χ2v) is 3.92. The first-order valence-corrected chi connectivity index (χ1v) is 4.99. The van der Waals surface area contributed by atoms with E-state index in [0.717, 1.165) is 13.0 Å². The lowest BCUT2D eigenvalue weighted by Gasteiger charge is -2.04. The molecule has 1 aliphatic rings. The number of likely N-dealkylation sites (N-methyl/N-ethyl adjacent to an activating group) is 1. The Balaban J connectivity index is 2.35. The van der Waals surface area contributed by atoms with E-state index in [1.807, 2.05) is 0 Å². The van der Waals surface area contributed by atoms with Gasteiger partial charge in [-0.3, -0.25) is 0 Å². The Kier molecular flexibility index (Phi) is 1.51. The second kappa shape index (κ2) is 2.71. The summed E-state index contributed by atoms with van der Waals surface area (Å²) in [5.74, 6) is 0. The molecular weight excluding hydrogens is 172 g/mol. The molecule has 3 rings (SSSR count). The van der Waals surface area contributed by atoms with Gasteiger partial charge in [0, 0.05) is 17.3 Å². The molecule has 0 radical (unpaired) electrons. The lowest BCUT2D eigenvalue weighted by Crippen LogP contribution is -2.18. The van der Waals surface area contributed by atoms with Crippen molar-refractivity contribution in [2.24, 2.45) is 0 Å². The highest BCUT2D eigenvalue weighted by Crippen LogP contribution is 2.23. The van der Waals surface area contributed by atoms with Gasteiger partial charge in [0.25, 0.3) is 0 Å². The van der Waals surface area contributed by atoms with Gasteiger partial charge in [0.15, 0.2) is 6.21 Å². The summed E-state index contributed by atoms with van der Waals surface area (Å²) < 4.78 is 2.23. The molecule has 2 nitrogen and oxygen atoms in total. The van der Waals surface area contributed by atoms with Crippen LogP contribution in [0.25, 0.3) is 10.9 Å². The highest BCUT2D eigenvalue weighted by Gasteiger charge is 2.17. The zero-order valence-electron chi connectivity index (χ0n) is 8.25. The van der Waals surface area contributed by atoms with E-state index in [9.17, 15) is 0 Å². The van der Waals surface area contributed by atoms with Crippen molar-refractivity contribution < 1.29 is 4.58 Å². The smallest absolute Gasteiger partial charge is 0.187 e. The van der Waals surface area contributed by atoms with E-state index < -0.39 is 0 Å². The minimum atomic E-state index is 1.12. The Labute approximate surface area is 82.9 Å². The molecule has 0 saturated heterocycles. The fourth-order valence-corrected chi connectivity index (χ4v) is 2.17. The fourth-order valence-electron chi connectivity index (χ4n) is 2.17. The van der Waals surface area contributed by atoms with Crippen molar-refractivity contribution in [3.63, 3.8) is 0 Å². The van der Waals surface area contributed by atoms with E-state index in [1.54, 1.807) is 0 Å². The van der Waals surface area contributed by atoms with Gasteiger partial charge in [-0.05, 0) is 11.6 Å². The molecule has 2 heteroatoms. The Bertz CT molecular complexity index is 520. The van der Waals surface area contributed by atoms with Crippen molar-refractivity contribution in [2.75, 3.05) is 13.6 Å². The molecule has 1 aliphatic heterocycles. The third-order valence-corrected chi connectivity index (χ3v) is 2.91. The normalized spacial score (nSPS) is 15.4. The maximum absolute atomic E-state index is 3.45. The third kappa shape index (κ3) is 1.00. The summed E-state index contributed by atoms with van der Waals surface area (Å²) in [5, 5.41) is 1.38. The largest absolute Gasteiger partial charge is 0.350 e. The van der Waals surface area contributed by atoms with Gasteiger partial charge in [-0.2, -0.15) is 0 Å². The van der Waals surface area contributed by atoms with Crippen LogP contribution in [0.4, 0.5) is 0 Å². The van der Waals surface area contributed by atoms with Crippen LogP contribution < -0.4 is 0 Å². The van der Waals surface area contributed by atoms with Crippen molar-refractivity contribution in [2.45, 2.75) is 6.42 Å². The zero-order valence-corrected chi connectivity index (χ0v) is 8.25. The van der Waals surface area contributed by atoms with Crippen LogP contribution in [-0.2, 0) is 6.42 Å². The molecular formula is C12H13N2+. The molecule has 14 heavy (non-hydrogen) atoms. The van der Waals surface area contributed by atoms with Crippen LogP contribution in [0.3, 0.4) is 0 Å². The van der Waals surface area contributed by atoms with Gasteiger partial charge in [0.1, 0.15) is 19.3 Å². The summed E-state index contributed by atoms with van der Waals surface area (Å²) in [6, 6.07) is 8.52. The second-order valence-electron chi connectivity index (χ2n) is 3.92. The first-order valence-electron chi connectivity index (χ1n) is 4.99. The average molecular weight is 185 g/mol. The number of para-hydroxylation sites is 1. The molecule has 1 aromatic carbocycles. The number of rotatable bonds is 0.